The molecule has 0 atom stereocenters. The van der Waals surface area contributed by atoms with Crippen LogP contribution in [0.3, 0.4) is 0 Å². The molecule has 0 aliphatic rings. The molecule has 0 saturated carbocycles. The van der Waals surface area contributed by atoms with E-state index >= 15 is 0 Å². The molecule has 6 heteroatoms. The molecule has 1 N–H and O–H groups in total. The number of anilines is 1. The van der Waals surface area contributed by atoms with E-state index in [9.17, 15) is 0 Å². The Balaban J connectivity index is 2.28. The van der Waals surface area contributed by atoms with Gasteiger partial charge in [-0.15, -0.1) is 5.10 Å². The van der Waals surface area contributed by atoms with E-state index in [1.54, 1.807) is 11.6 Å². The van der Waals surface area contributed by atoms with Crippen LogP contribution in [-0.2, 0) is 0 Å². The zero-order valence-corrected chi connectivity index (χ0v) is 10.2. The van der Waals surface area contributed by atoms with Crippen LogP contribution in [0.4, 0.5) is 5.95 Å². The van der Waals surface area contributed by atoms with Crippen LogP contribution in [0, 0.1) is 11.3 Å². The van der Waals surface area contributed by atoms with Gasteiger partial charge in [0.25, 0.3) is 0 Å². The highest BCUT2D eigenvalue weighted by atomic mass is 15.4. The lowest BCUT2D eigenvalue weighted by molar-refractivity contribution is 0.928. The molecule has 3 aromatic rings. The number of nitrogens with one attached hydrogen (secondary N) is 1. The van der Waals surface area contributed by atoms with Gasteiger partial charge in [0.05, 0.1) is 6.20 Å². The summed E-state index contributed by atoms with van der Waals surface area (Å²) in [6.45, 7) is 0. The highest BCUT2D eigenvalue weighted by Crippen LogP contribution is 2.19. The van der Waals surface area contributed by atoms with Crippen molar-refractivity contribution < 1.29 is 0 Å². The second-order valence-electron chi connectivity index (χ2n) is 3.89. The fourth-order valence-electron chi connectivity index (χ4n) is 1.83. The van der Waals surface area contributed by atoms with Crippen molar-refractivity contribution in [3.05, 3.63) is 42.1 Å². The molecular formula is C13H10N6. The van der Waals surface area contributed by atoms with Crippen LogP contribution in [0.25, 0.3) is 17.0 Å². The van der Waals surface area contributed by atoms with Crippen molar-refractivity contribution >= 4 is 11.6 Å². The molecule has 0 spiro atoms. The standard InChI is InChI=1S/C13H10N6/c1-15-13-16-8-10(7-14)12-17-11(18-19(12)13)9-5-3-2-4-6-9/h2-6,8H,1H3,(H,15,16). The first-order valence-electron chi connectivity index (χ1n) is 5.72. The number of rotatable bonds is 2. The van der Waals surface area contributed by atoms with Crippen LogP contribution in [0.2, 0.25) is 0 Å². The summed E-state index contributed by atoms with van der Waals surface area (Å²) >= 11 is 0. The minimum atomic E-state index is 0.397. The summed E-state index contributed by atoms with van der Waals surface area (Å²) in [6.07, 6.45) is 1.49. The minimum Gasteiger partial charge on any atom is -0.357 e. The van der Waals surface area contributed by atoms with Gasteiger partial charge in [-0.1, -0.05) is 30.3 Å². The van der Waals surface area contributed by atoms with Gasteiger partial charge in [-0.05, 0) is 0 Å². The second-order valence-corrected chi connectivity index (χ2v) is 3.89. The van der Waals surface area contributed by atoms with Gasteiger partial charge in [0, 0.05) is 12.6 Å². The maximum atomic E-state index is 9.09. The van der Waals surface area contributed by atoms with Crippen molar-refractivity contribution in [2.75, 3.05) is 12.4 Å². The number of benzene rings is 1. The molecule has 0 unspecified atom stereocenters. The monoisotopic (exact) mass is 250 g/mol. The Morgan fingerprint density at radius 2 is 2.05 bits per heavy atom. The number of fused-ring (bicyclic) bond motifs is 1. The SMILES string of the molecule is CNc1ncc(C#N)c2nc(-c3ccccc3)nn12. The van der Waals surface area contributed by atoms with Crippen molar-refractivity contribution in [3.8, 4) is 17.5 Å². The smallest absolute Gasteiger partial charge is 0.225 e. The highest BCUT2D eigenvalue weighted by Gasteiger charge is 2.13. The number of nitriles is 1. The summed E-state index contributed by atoms with van der Waals surface area (Å²) in [6, 6.07) is 11.7. The molecule has 0 amide bonds. The third-order valence-corrected chi connectivity index (χ3v) is 2.74. The van der Waals surface area contributed by atoms with Crippen molar-refractivity contribution in [2.45, 2.75) is 0 Å². The van der Waals surface area contributed by atoms with E-state index < -0.39 is 0 Å². The zero-order chi connectivity index (χ0) is 13.2. The summed E-state index contributed by atoms with van der Waals surface area (Å²) in [5.41, 5.74) is 1.80. The number of hydrogen-bond acceptors (Lipinski definition) is 5. The summed E-state index contributed by atoms with van der Waals surface area (Å²) in [5.74, 6) is 1.12. The summed E-state index contributed by atoms with van der Waals surface area (Å²) in [4.78, 5) is 8.54. The lowest BCUT2D eigenvalue weighted by Gasteiger charge is -2.00. The van der Waals surface area contributed by atoms with E-state index in [4.69, 9.17) is 5.26 Å². The third kappa shape index (κ3) is 1.77. The highest BCUT2D eigenvalue weighted by molar-refractivity contribution is 5.63. The van der Waals surface area contributed by atoms with Crippen molar-refractivity contribution in [3.63, 3.8) is 0 Å². The predicted octanol–water partition coefficient (Wildman–Crippen LogP) is 1.70. The Morgan fingerprint density at radius 1 is 1.26 bits per heavy atom. The first kappa shape index (κ1) is 11.2. The average Bonchev–Trinajstić information content (AvgIpc) is 2.92. The largest absolute Gasteiger partial charge is 0.357 e. The average molecular weight is 250 g/mol. The molecule has 0 aliphatic heterocycles. The first-order chi connectivity index (χ1) is 9.33. The van der Waals surface area contributed by atoms with Crippen LogP contribution >= 0.6 is 0 Å². The minimum absolute atomic E-state index is 0.397. The van der Waals surface area contributed by atoms with Crippen LogP contribution in [0.15, 0.2) is 36.5 Å². The summed E-state index contributed by atoms with van der Waals surface area (Å²) < 4.78 is 1.54. The number of aromatic nitrogens is 4. The molecule has 2 heterocycles. The van der Waals surface area contributed by atoms with E-state index in [2.05, 4.69) is 26.5 Å². The molecule has 0 bridgehead atoms. The molecule has 0 saturated heterocycles. The van der Waals surface area contributed by atoms with Crippen molar-refractivity contribution in [1.29, 1.82) is 5.26 Å². The number of nitrogens with zero attached hydrogens (tertiary/aromatic N) is 5. The Labute approximate surface area is 109 Å². The molecule has 2 aromatic heterocycles. The van der Waals surface area contributed by atoms with Gasteiger partial charge in [0.1, 0.15) is 11.6 Å². The second kappa shape index (κ2) is 4.38. The molecule has 1 aromatic carbocycles. The third-order valence-electron chi connectivity index (χ3n) is 2.74. The molecule has 6 nitrogen and oxygen atoms in total. The molecule has 0 radical (unpaired) electrons. The summed E-state index contributed by atoms with van der Waals surface area (Å²) in [5, 5.41) is 16.4. The molecule has 0 fully saturated rings. The first-order valence-corrected chi connectivity index (χ1v) is 5.72. The number of hydrogen-bond donors (Lipinski definition) is 1. The maximum Gasteiger partial charge on any atom is 0.225 e. The van der Waals surface area contributed by atoms with Crippen LogP contribution in [-0.4, -0.2) is 26.6 Å². The van der Waals surface area contributed by atoms with Gasteiger partial charge >= 0.3 is 0 Å². The molecular weight excluding hydrogens is 240 g/mol. The molecule has 19 heavy (non-hydrogen) atoms. The topological polar surface area (TPSA) is 78.9 Å². The quantitative estimate of drug-likeness (QED) is 0.749. The van der Waals surface area contributed by atoms with E-state index in [-0.39, 0.29) is 0 Å². The van der Waals surface area contributed by atoms with Gasteiger partial charge in [0.2, 0.25) is 5.95 Å². The van der Waals surface area contributed by atoms with Gasteiger partial charge in [-0.3, -0.25) is 0 Å². The molecule has 0 aliphatic carbocycles. The van der Waals surface area contributed by atoms with Crippen LogP contribution in [0.5, 0.6) is 0 Å². The lowest BCUT2D eigenvalue weighted by atomic mass is 10.2. The predicted molar refractivity (Wildman–Crippen MR) is 70.5 cm³/mol. The zero-order valence-electron chi connectivity index (χ0n) is 10.2. The Bertz CT molecular complexity index is 769. The Kier molecular flexibility index (Phi) is 2.58. The van der Waals surface area contributed by atoms with E-state index in [0.29, 0.717) is 23.0 Å². The fraction of sp³-hybridized carbons (Fsp3) is 0.0769. The van der Waals surface area contributed by atoms with E-state index in [1.807, 2.05) is 30.3 Å². The van der Waals surface area contributed by atoms with Gasteiger partial charge < -0.3 is 5.32 Å². The van der Waals surface area contributed by atoms with Gasteiger partial charge in [-0.25, -0.2) is 9.97 Å². The fourth-order valence-corrected chi connectivity index (χ4v) is 1.83. The Hall–Kier alpha value is -2.94. The van der Waals surface area contributed by atoms with Crippen molar-refractivity contribution in [2.24, 2.45) is 0 Å². The Morgan fingerprint density at radius 3 is 2.74 bits per heavy atom. The van der Waals surface area contributed by atoms with Gasteiger partial charge in [-0.2, -0.15) is 9.78 Å². The maximum absolute atomic E-state index is 9.09. The van der Waals surface area contributed by atoms with Crippen molar-refractivity contribution in [1.82, 2.24) is 19.6 Å². The summed E-state index contributed by atoms with van der Waals surface area (Å²) in [7, 11) is 1.75. The molecule has 92 valence electrons. The van der Waals surface area contributed by atoms with E-state index in [0.717, 1.165) is 5.56 Å². The lowest BCUT2D eigenvalue weighted by Crippen LogP contribution is -2.03. The molecule has 3 rings (SSSR count). The normalized spacial score (nSPS) is 10.3. The van der Waals surface area contributed by atoms with Crippen LogP contribution < -0.4 is 5.32 Å². The van der Waals surface area contributed by atoms with E-state index in [1.165, 1.54) is 6.20 Å². The van der Waals surface area contributed by atoms with Crippen LogP contribution in [0.1, 0.15) is 5.56 Å². The van der Waals surface area contributed by atoms with Gasteiger partial charge in [0.15, 0.2) is 11.5 Å².